The molecule has 1 aromatic carbocycles. The van der Waals surface area contributed by atoms with Crippen molar-refractivity contribution in [3.8, 4) is 0 Å². The lowest BCUT2D eigenvalue weighted by molar-refractivity contribution is 0.526. The highest BCUT2D eigenvalue weighted by atomic mass is 15.2. The van der Waals surface area contributed by atoms with Crippen molar-refractivity contribution in [3.63, 3.8) is 0 Å². The molecule has 3 heteroatoms. The van der Waals surface area contributed by atoms with Gasteiger partial charge in [0.05, 0.1) is 11.7 Å². The van der Waals surface area contributed by atoms with Crippen LogP contribution in [-0.4, -0.2) is 16.1 Å². The Balaban J connectivity index is 2.06. The molecule has 112 valence electrons. The van der Waals surface area contributed by atoms with Crippen LogP contribution in [0.5, 0.6) is 0 Å². The van der Waals surface area contributed by atoms with Gasteiger partial charge in [-0.1, -0.05) is 50.1 Å². The van der Waals surface area contributed by atoms with Gasteiger partial charge < -0.3 is 9.88 Å². The Labute approximate surface area is 127 Å². The predicted molar refractivity (Wildman–Crippen MR) is 88.1 cm³/mol. The lowest BCUT2D eigenvalue weighted by atomic mass is 9.93. The van der Waals surface area contributed by atoms with E-state index in [9.17, 15) is 0 Å². The molecular weight excluding hydrogens is 258 g/mol. The van der Waals surface area contributed by atoms with Crippen molar-refractivity contribution < 1.29 is 0 Å². The molecule has 1 aromatic heterocycles. The van der Waals surface area contributed by atoms with Crippen LogP contribution in [0.1, 0.15) is 55.6 Å². The van der Waals surface area contributed by atoms with Crippen LogP contribution < -0.4 is 5.32 Å². The molecule has 0 radical (unpaired) electrons. The lowest BCUT2D eigenvalue weighted by Crippen LogP contribution is -2.23. The van der Waals surface area contributed by atoms with E-state index in [1.165, 1.54) is 16.7 Å². The van der Waals surface area contributed by atoms with Crippen molar-refractivity contribution in [1.82, 2.24) is 9.55 Å². The van der Waals surface area contributed by atoms with Gasteiger partial charge in [-0.15, -0.1) is 0 Å². The Morgan fingerprint density at radius 2 is 1.81 bits per heavy atom. The molecule has 2 heterocycles. The summed E-state index contributed by atoms with van der Waals surface area (Å²) in [7, 11) is 0. The second-order valence-electron chi connectivity index (χ2n) is 7.26. The summed E-state index contributed by atoms with van der Waals surface area (Å²) >= 11 is 0. The van der Waals surface area contributed by atoms with E-state index in [2.05, 4.69) is 68.9 Å². The number of fused-ring (bicyclic) bond motifs is 1. The second-order valence-corrected chi connectivity index (χ2v) is 7.26. The summed E-state index contributed by atoms with van der Waals surface area (Å²) in [6, 6.07) is 7.25. The Kier molecular flexibility index (Phi) is 3.31. The van der Waals surface area contributed by atoms with Gasteiger partial charge in [-0.3, -0.25) is 0 Å². The SMILES string of the molecule is Cc1cc(C)cc(C2CCNc3nc(C(C)(C)C)cn32)c1. The summed E-state index contributed by atoms with van der Waals surface area (Å²) in [6.07, 6.45) is 3.33. The highest BCUT2D eigenvalue weighted by Gasteiger charge is 2.26. The fraction of sp³-hybridized carbons (Fsp3) is 0.500. The van der Waals surface area contributed by atoms with Crippen molar-refractivity contribution in [3.05, 3.63) is 46.8 Å². The van der Waals surface area contributed by atoms with Gasteiger partial charge in [0.15, 0.2) is 0 Å². The minimum atomic E-state index is 0.0824. The largest absolute Gasteiger partial charge is 0.356 e. The summed E-state index contributed by atoms with van der Waals surface area (Å²) in [4.78, 5) is 4.79. The molecule has 3 nitrogen and oxygen atoms in total. The number of hydrogen-bond donors (Lipinski definition) is 1. The predicted octanol–water partition coefficient (Wildman–Crippen LogP) is 4.20. The lowest BCUT2D eigenvalue weighted by Gasteiger charge is -2.27. The van der Waals surface area contributed by atoms with E-state index in [1.54, 1.807) is 0 Å². The van der Waals surface area contributed by atoms with Crippen molar-refractivity contribution in [1.29, 1.82) is 0 Å². The molecule has 2 aromatic rings. The fourth-order valence-electron chi connectivity index (χ4n) is 3.11. The Hall–Kier alpha value is -1.77. The van der Waals surface area contributed by atoms with E-state index in [0.29, 0.717) is 6.04 Å². The fourth-order valence-corrected chi connectivity index (χ4v) is 3.11. The third-order valence-corrected chi connectivity index (χ3v) is 4.17. The molecule has 0 saturated carbocycles. The van der Waals surface area contributed by atoms with Gasteiger partial charge in [-0.25, -0.2) is 4.98 Å². The van der Waals surface area contributed by atoms with Gasteiger partial charge in [0.25, 0.3) is 0 Å². The van der Waals surface area contributed by atoms with E-state index in [0.717, 1.165) is 24.6 Å². The quantitative estimate of drug-likeness (QED) is 0.850. The molecule has 0 fully saturated rings. The van der Waals surface area contributed by atoms with Gasteiger partial charge in [0.1, 0.15) is 0 Å². The average Bonchev–Trinajstić information content (AvgIpc) is 2.80. The maximum Gasteiger partial charge on any atom is 0.203 e. The van der Waals surface area contributed by atoms with Crippen LogP contribution >= 0.6 is 0 Å². The third kappa shape index (κ3) is 2.69. The number of nitrogens with one attached hydrogen (secondary N) is 1. The van der Waals surface area contributed by atoms with Crippen LogP contribution in [0.3, 0.4) is 0 Å². The molecule has 1 atom stereocenters. The number of rotatable bonds is 1. The minimum Gasteiger partial charge on any atom is -0.356 e. The number of hydrogen-bond acceptors (Lipinski definition) is 2. The van der Waals surface area contributed by atoms with E-state index in [1.807, 2.05) is 0 Å². The van der Waals surface area contributed by atoms with Crippen LogP contribution in [-0.2, 0) is 5.41 Å². The highest BCUT2D eigenvalue weighted by Crippen LogP contribution is 2.33. The summed E-state index contributed by atoms with van der Waals surface area (Å²) in [5.41, 5.74) is 5.30. The molecule has 1 N–H and O–H groups in total. The first kappa shape index (κ1) is 14.2. The molecule has 0 aliphatic carbocycles. The van der Waals surface area contributed by atoms with Crippen molar-refractivity contribution in [2.24, 2.45) is 0 Å². The van der Waals surface area contributed by atoms with Crippen molar-refractivity contribution >= 4 is 5.95 Å². The van der Waals surface area contributed by atoms with Crippen LogP contribution in [0, 0.1) is 13.8 Å². The van der Waals surface area contributed by atoms with E-state index in [-0.39, 0.29) is 5.41 Å². The average molecular weight is 283 g/mol. The monoisotopic (exact) mass is 283 g/mol. The first-order valence-corrected chi connectivity index (χ1v) is 7.76. The van der Waals surface area contributed by atoms with Gasteiger partial charge in [-0.2, -0.15) is 0 Å². The summed E-state index contributed by atoms with van der Waals surface area (Å²) in [5, 5.41) is 3.44. The highest BCUT2D eigenvalue weighted by molar-refractivity contribution is 5.39. The van der Waals surface area contributed by atoms with Gasteiger partial charge in [0, 0.05) is 18.2 Å². The number of imidazole rings is 1. The molecule has 0 saturated heterocycles. The molecule has 1 aliphatic heterocycles. The molecule has 1 aliphatic rings. The maximum atomic E-state index is 4.79. The number of nitrogens with zero attached hydrogens (tertiary/aromatic N) is 2. The topological polar surface area (TPSA) is 29.9 Å². The normalized spacial score (nSPS) is 18.2. The van der Waals surface area contributed by atoms with E-state index < -0.39 is 0 Å². The van der Waals surface area contributed by atoms with Gasteiger partial charge in [0.2, 0.25) is 5.95 Å². The van der Waals surface area contributed by atoms with Crippen LogP contribution in [0.15, 0.2) is 24.4 Å². The standard InChI is InChI=1S/C18H25N3/c1-12-8-13(2)10-14(9-12)15-6-7-19-17-20-16(11-21(15)17)18(3,4)5/h8-11,15H,6-7H2,1-5H3,(H,19,20). The molecule has 21 heavy (non-hydrogen) atoms. The third-order valence-electron chi connectivity index (χ3n) is 4.17. The number of anilines is 1. The molecule has 0 bridgehead atoms. The summed E-state index contributed by atoms with van der Waals surface area (Å²) in [6.45, 7) is 12.0. The number of aromatic nitrogens is 2. The Morgan fingerprint density at radius 3 is 2.43 bits per heavy atom. The molecule has 1 unspecified atom stereocenters. The van der Waals surface area contributed by atoms with Crippen LogP contribution in [0.4, 0.5) is 5.95 Å². The van der Waals surface area contributed by atoms with E-state index in [4.69, 9.17) is 4.98 Å². The summed E-state index contributed by atoms with van der Waals surface area (Å²) in [5.74, 6) is 1.01. The zero-order valence-electron chi connectivity index (χ0n) is 13.7. The van der Waals surface area contributed by atoms with Gasteiger partial charge >= 0.3 is 0 Å². The van der Waals surface area contributed by atoms with Crippen LogP contribution in [0.2, 0.25) is 0 Å². The summed E-state index contributed by atoms with van der Waals surface area (Å²) < 4.78 is 2.32. The zero-order chi connectivity index (χ0) is 15.2. The second kappa shape index (κ2) is 4.90. The first-order chi connectivity index (χ1) is 9.84. The maximum absolute atomic E-state index is 4.79. The number of benzene rings is 1. The first-order valence-electron chi connectivity index (χ1n) is 7.76. The van der Waals surface area contributed by atoms with Crippen molar-refractivity contribution in [2.45, 2.75) is 52.5 Å². The Morgan fingerprint density at radius 1 is 1.14 bits per heavy atom. The molecule has 0 amide bonds. The molecular formula is C18H25N3. The number of aryl methyl sites for hydroxylation is 2. The zero-order valence-corrected chi connectivity index (χ0v) is 13.7. The van der Waals surface area contributed by atoms with Crippen molar-refractivity contribution in [2.75, 3.05) is 11.9 Å². The van der Waals surface area contributed by atoms with E-state index >= 15 is 0 Å². The van der Waals surface area contributed by atoms with Crippen LogP contribution in [0.25, 0.3) is 0 Å². The van der Waals surface area contributed by atoms with Gasteiger partial charge in [-0.05, 0) is 25.8 Å². The Bertz CT molecular complexity index is 641. The molecule has 3 rings (SSSR count). The minimum absolute atomic E-state index is 0.0824. The smallest absolute Gasteiger partial charge is 0.203 e. The molecule has 0 spiro atoms.